The summed E-state index contributed by atoms with van der Waals surface area (Å²) in [5, 5.41) is 26.6. The fraction of sp³-hybridized carbons (Fsp3) is 0.953. The van der Waals surface area contributed by atoms with Gasteiger partial charge >= 0.3 is 0 Å². The van der Waals surface area contributed by atoms with Gasteiger partial charge in [0.25, 0.3) is 0 Å². The fourth-order valence-electron chi connectivity index (χ4n) is 12.7. The molecule has 53 heavy (non-hydrogen) atoms. The van der Waals surface area contributed by atoms with E-state index in [1.807, 2.05) is 24.1 Å². The van der Waals surface area contributed by atoms with Crippen molar-refractivity contribution in [3.05, 3.63) is 0 Å². The number of nitrogens with one attached hydrogen (secondary N) is 1. The number of nitrogens with zero attached hydrogens (tertiary/aromatic N) is 3. The van der Waals surface area contributed by atoms with E-state index in [-0.39, 0.29) is 36.5 Å². The molecule has 0 aromatic carbocycles. The van der Waals surface area contributed by atoms with E-state index in [4.69, 9.17) is 9.57 Å². The van der Waals surface area contributed by atoms with Crippen LogP contribution in [0, 0.1) is 58.7 Å². The molecule has 7 fully saturated rings. The highest BCUT2D eigenvalue weighted by molar-refractivity contribution is 5.83. The average molecular weight is 745 g/mol. The zero-order valence-corrected chi connectivity index (χ0v) is 34.6. The molecule has 2 bridgehead atoms. The number of fused-ring (bicyclic) bond motifs is 2. The summed E-state index contributed by atoms with van der Waals surface area (Å²) in [4.78, 5) is 39.1. The van der Waals surface area contributed by atoms with Gasteiger partial charge in [-0.25, -0.2) is 0 Å². The number of hydroxylamine groups is 2. The quantitative estimate of drug-likeness (QED) is 0.231. The second kappa shape index (κ2) is 17.5. The summed E-state index contributed by atoms with van der Waals surface area (Å²) in [6, 6.07) is -0.242. The van der Waals surface area contributed by atoms with Gasteiger partial charge in [0.1, 0.15) is 12.1 Å². The van der Waals surface area contributed by atoms with E-state index in [2.05, 4.69) is 45.1 Å². The van der Waals surface area contributed by atoms with Crippen LogP contribution in [0.25, 0.3) is 0 Å². The Labute approximate surface area is 321 Å². The van der Waals surface area contributed by atoms with Gasteiger partial charge in [0.2, 0.25) is 11.8 Å². The maximum atomic E-state index is 14.3. The van der Waals surface area contributed by atoms with E-state index in [1.54, 1.807) is 6.92 Å². The number of rotatable bonds is 13. The van der Waals surface area contributed by atoms with Crippen LogP contribution in [0.3, 0.4) is 0 Å². The maximum Gasteiger partial charge on any atom is 0.240 e. The largest absolute Gasteiger partial charge is 0.394 e. The molecule has 10 nitrogen and oxygen atoms in total. The minimum absolute atomic E-state index is 0.0151. The minimum Gasteiger partial charge on any atom is -0.394 e. The summed E-state index contributed by atoms with van der Waals surface area (Å²) >= 11 is 0. The Morgan fingerprint density at radius 1 is 1.00 bits per heavy atom. The molecule has 14 atom stereocenters. The first-order valence-corrected chi connectivity index (χ1v) is 21.7. The standard InChI is InChI=1S/C43H76N4O6/c1-26-35-22-32(43(35,3)4)23-36(26)44-41(50)39-38(27(2)49)37(25-48)53-47(39)24-29-15-12-16-34(40(29)52-8)30-19-31(21-33(20-30)45(5)6)42(51)46(7)18-17-28-13-10-9-11-14-28/h26-40,48-49H,9-25H2,1-8H3,(H,44,50)/t26-,27-,29?,30?,31?,32+,33?,34?,35-,36-,37-,38-,39-,40?/m0/s1. The molecule has 2 amide bonds. The van der Waals surface area contributed by atoms with Crippen LogP contribution in [0.2, 0.25) is 0 Å². The van der Waals surface area contributed by atoms with E-state index in [9.17, 15) is 19.8 Å². The average Bonchev–Trinajstić information content (AvgIpc) is 3.52. The molecular formula is C43H76N4O6. The summed E-state index contributed by atoms with van der Waals surface area (Å²) in [6.07, 6.45) is 14.4. The van der Waals surface area contributed by atoms with Crippen molar-refractivity contribution in [3.8, 4) is 0 Å². The number of hydrogen-bond acceptors (Lipinski definition) is 8. The van der Waals surface area contributed by atoms with Crippen LogP contribution in [0.5, 0.6) is 0 Å². The Balaban J connectivity index is 1.14. The van der Waals surface area contributed by atoms with Crippen LogP contribution < -0.4 is 5.32 Å². The number of ether oxygens (including phenoxy) is 1. The highest BCUT2D eigenvalue weighted by Crippen LogP contribution is 2.61. The van der Waals surface area contributed by atoms with E-state index in [0.29, 0.717) is 53.5 Å². The lowest BCUT2D eigenvalue weighted by Gasteiger charge is -2.62. The zero-order valence-electron chi connectivity index (χ0n) is 34.6. The van der Waals surface area contributed by atoms with Crippen molar-refractivity contribution in [1.82, 2.24) is 20.2 Å². The number of amides is 2. The van der Waals surface area contributed by atoms with Gasteiger partial charge in [-0.15, -0.1) is 0 Å². The van der Waals surface area contributed by atoms with Crippen LogP contribution in [0.1, 0.15) is 118 Å². The Hall–Kier alpha value is -1.30. The van der Waals surface area contributed by atoms with Crippen molar-refractivity contribution in [2.75, 3.05) is 47.9 Å². The van der Waals surface area contributed by atoms with Crippen LogP contribution in [-0.2, 0) is 19.2 Å². The number of carbonyl (C=O) groups is 2. The first-order valence-electron chi connectivity index (χ1n) is 21.7. The minimum atomic E-state index is -0.818. The maximum absolute atomic E-state index is 14.3. The monoisotopic (exact) mass is 745 g/mol. The number of carbonyl (C=O) groups excluding carboxylic acids is 2. The van der Waals surface area contributed by atoms with Crippen molar-refractivity contribution in [2.45, 2.75) is 154 Å². The fourth-order valence-corrected chi connectivity index (χ4v) is 12.7. The molecule has 0 aromatic heterocycles. The number of methoxy groups -OCH3 is 1. The van der Waals surface area contributed by atoms with Gasteiger partial charge in [0.05, 0.1) is 18.8 Å². The molecule has 10 heteroatoms. The summed E-state index contributed by atoms with van der Waals surface area (Å²) in [6.45, 7) is 9.84. The van der Waals surface area contributed by atoms with Gasteiger partial charge in [-0.05, 0) is 113 Å². The summed E-state index contributed by atoms with van der Waals surface area (Å²) in [5.41, 5.74) is 0.322. The van der Waals surface area contributed by atoms with Crippen molar-refractivity contribution in [1.29, 1.82) is 0 Å². The normalized spacial score (nSPS) is 41.2. The molecule has 6 saturated carbocycles. The molecule has 3 N–H and O–H groups in total. The summed E-state index contributed by atoms with van der Waals surface area (Å²) < 4.78 is 6.43. The third-order valence-electron chi connectivity index (χ3n) is 16.1. The molecule has 7 rings (SSSR count). The molecular weight excluding hydrogens is 668 g/mol. The Bertz CT molecular complexity index is 1230. The van der Waals surface area contributed by atoms with Crippen molar-refractivity contribution in [2.24, 2.45) is 58.7 Å². The number of aliphatic hydroxyl groups is 2. The third-order valence-corrected chi connectivity index (χ3v) is 16.1. The highest BCUT2D eigenvalue weighted by atomic mass is 16.7. The molecule has 1 saturated heterocycles. The molecule has 1 heterocycles. The molecule has 0 aromatic rings. The predicted molar refractivity (Wildman–Crippen MR) is 207 cm³/mol. The van der Waals surface area contributed by atoms with E-state index >= 15 is 0 Å². The molecule has 7 aliphatic rings. The smallest absolute Gasteiger partial charge is 0.240 e. The van der Waals surface area contributed by atoms with E-state index < -0.39 is 24.2 Å². The lowest BCUT2D eigenvalue weighted by molar-refractivity contribution is -0.193. The second-order valence-corrected chi connectivity index (χ2v) is 19.6. The first-order chi connectivity index (χ1) is 25.2. The Kier molecular flexibility index (Phi) is 13.6. The van der Waals surface area contributed by atoms with Gasteiger partial charge < -0.3 is 30.1 Å². The summed E-state index contributed by atoms with van der Waals surface area (Å²) in [5.74, 6) is 2.85. The van der Waals surface area contributed by atoms with Crippen molar-refractivity contribution in [3.63, 3.8) is 0 Å². The van der Waals surface area contributed by atoms with Gasteiger partial charge in [-0.3, -0.25) is 14.4 Å². The first kappa shape index (κ1) is 41.3. The zero-order chi connectivity index (χ0) is 38.2. The van der Waals surface area contributed by atoms with E-state index in [0.717, 1.165) is 63.8 Å². The predicted octanol–water partition coefficient (Wildman–Crippen LogP) is 5.35. The van der Waals surface area contributed by atoms with Gasteiger partial charge in [0.15, 0.2) is 0 Å². The highest BCUT2D eigenvalue weighted by Gasteiger charge is 2.58. The summed E-state index contributed by atoms with van der Waals surface area (Å²) in [7, 11) is 8.16. The lowest BCUT2D eigenvalue weighted by atomic mass is 9.45. The van der Waals surface area contributed by atoms with E-state index in [1.165, 1.54) is 38.5 Å². The third kappa shape index (κ3) is 8.68. The number of aliphatic hydroxyl groups excluding tert-OH is 2. The lowest BCUT2D eigenvalue weighted by Crippen LogP contribution is -2.62. The Morgan fingerprint density at radius 2 is 1.74 bits per heavy atom. The van der Waals surface area contributed by atoms with Crippen LogP contribution in [0.15, 0.2) is 0 Å². The molecule has 0 radical (unpaired) electrons. The van der Waals surface area contributed by atoms with Crippen LogP contribution >= 0.6 is 0 Å². The topological polar surface area (TPSA) is 115 Å². The number of hydrogen-bond donors (Lipinski definition) is 3. The van der Waals surface area contributed by atoms with Crippen LogP contribution in [0.4, 0.5) is 0 Å². The molecule has 0 spiro atoms. The molecule has 6 unspecified atom stereocenters. The Morgan fingerprint density at radius 3 is 2.36 bits per heavy atom. The van der Waals surface area contributed by atoms with Gasteiger partial charge in [-0.1, -0.05) is 59.3 Å². The van der Waals surface area contributed by atoms with Crippen LogP contribution in [-0.4, -0.2) is 121 Å². The molecule has 304 valence electrons. The molecule has 6 aliphatic carbocycles. The second-order valence-electron chi connectivity index (χ2n) is 19.6. The molecule has 1 aliphatic heterocycles. The van der Waals surface area contributed by atoms with Gasteiger partial charge in [-0.2, -0.15) is 5.06 Å². The van der Waals surface area contributed by atoms with Gasteiger partial charge in [0, 0.05) is 57.1 Å². The SMILES string of the molecule is COC1C(CN2O[C@@H](CO)[C@H]([C@H](C)O)[C@H]2C(=O)N[C@H]2C[C@H]3C[C@@H]([C@@H]2C)C3(C)C)CCCC1C1CC(C(=O)N(C)CCC2CCCCC2)CC(N(C)C)C1. The van der Waals surface area contributed by atoms with Crippen molar-refractivity contribution >= 4 is 11.8 Å². The van der Waals surface area contributed by atoms with Crippen molar-refractivity contribution < 1.29 is 29.4 Å².